The molecule has 3 nitrogen and oxygen atoms in total. The standard InChI is InChI=1S/C14H17BrN2O/c1-10(2)17-8-11(3)16-14(17)9-18-13-6-4-5-12(15)7-13/h4-8,10H,9H2,1-3H3. The smallest absolute Gasteiger partial charge is 0.147 e. The van der Waals surface area contributed by atoms with Crippen LogP contribution in [0.15, 0.2) is 34.9 Å². The number of rotatable bonds is 4. The summed E-state index contributed by atoms with van der Waals surface area (Å²) in [6.45, 7) is 6.78. The van der Waals surface area contributed by atoms with E-state index in [0.717, 1.165) is 21.7 Å². The zero-order valence-electron chi connectivity index (χ0n) is 10.9. The Kier molecular flexibility index (Phi) is 4.07. The van der Waals surface area contributed by atoms with Crippen LogP contribution in [-0.4, -0.2) is 9.55 Å². The van der Waals surface area contributed by atoms with Gasteiger partial charge in [0, 0.05) is 16.7 Å². The number of halogens is 1. The molecule has 1 heterocycles. The molecule has 0 radical (unpaired) electrons. The molecule has 0 bridgehead atoms. The van der Waals surface area contributed by atoms with Crippen LogP contribution in [0.1, 0.15) is 31.4 Å². The second-order valence-corrected chi connectivity index (χ2v) is 5.46. The zero-order valence-corrected chi connectivity index (χ0v) is 12.4. The highest BCUT2D eigenvalue weighted by Crippen LogP contribution is 2.19. The van der Waals surface area contributed by atoms with Crippen molar-refractivity contribution >= 4 is 15.9 Å². The van der Waals surface area contributed by atoms with E-state index in [1.807, 2.05) is 31.2 Å². The minimum atomic E-state index is 0.396. The zero-order chi connectivity index (χ0) is 13.1. The summed E-state index contributed by atoms with van der Waals surface area (Å²) in [6.07, 6.45) is 2.06. The molecular weight excluding hydrogens is 292 g/mol. The third-order valence-electron chi connectivity index (χ3n) is 2.65. The van der Waals surface area contributed by atoms with E-state index >= 15 is 0 Å². The van der Waals surface area contributed by atoms with Crippen molar-refractivity contribution in [3.63, 3.8) is 0 Å². The van der Waals surface area contributed by atoms with E-state index in [-0.39, 0.29) is 0 Å². The lowest BCUT2D eigenvalue weighted by atomic mass is 10.3. The van der Waals surface area contributed by atoms with Crippen LogP contribution in [0.25, 0.3) is 0 Å². The quantitative estimate of drug-likeness (QED) is 0.849. The van der Waals surface area contributed by atoms with Gasteiger partial charge in [0.25, 0.3) is 0 Å². The van der Waals surface area contributed by atoms with Crippen LogP contribution in [-0.2, 0) is 6.61 Å². The highest BCUT2D eigenvalue weighted by Gasteiger charge is 2.09. The van der Waals surface area contributed by atoms with E-state index in [2.05, 4.69) is 45.5 Å². The molecular formula is C14H17BrN2O. The van der Waals surface area contributed by atoms with Gasteiger partial charge in [-0.2, -0.15) is 0 Å². The van der Waals surface area contributed by atoms with Gasteiger partial charge in [-0.15, -0.1) is 0 Å². The number of aryl methyl sites for hydroxylation is 1. The van der Waals surface area contributed by atoms with Gasteiger partial charge in [0.05, 0.1) is 5.69 Å². The van der Waals surface area contributed by atoms with E-state index in [4.69, 9.17) is 4.74 Å². The van der Waals surface area contributed by atoms with Gasteiger partial charge in [-0.3, -0.25) is 0 Å². The molecule has 0 N–H and O–H groups in total. The maximum Gasteiger partial charge on any atom is 0.147 e. The van der Waals surface area contributed by atoms with E-state index in [9.17, 15) is 0 Å². The first-order valence-electron chi connectivity index (χ1n) is 5.99. The van der Waals surface area contributed by atoms with Crippen LogP contribution in [0.5, 0.6) is 5.75 Å². The lowest BCUT2D eigenvalue weighted by Gasteiger charge is -2.12. The maximum atomic E-state index is 5.76. The molecule has 1 aromatic heterocycles. The Hall–Kier alpha value is -1.29. The first-order chi connectivity index (χ1) is 8.56. The molecule has 0 aliphatic rings. The highest BCUT2D eigenvalue weighted by molar-refractivity contribution is 9.10. The molecule has 0 saturated heterocycles. The van der Waals surface area contributed by atoms with Gasteiger partial charge in [-0.25, -0.2) is 4.98 Å². The Labute approximate surface area is 116 Å². The van der Waals surface area contributed by atoms with Crippen LogP contribution in [0.4, 0.5) is 0 Å². The summed E-state index contributed by atoms with van der Waals surface area (Å²) in [7, 11) is 0. The molecule has 0 aliphatic carbocycles. The Bertz CT molecular complexity index is 534. The summed E-state index contributed by atoms with van der Waals surface area (Å²) in [4.78, 5) is 4.50. The van der Waals surface area contributed by atoms with E-state index in [1.54, 1.807) is 0 Å². The minimum absolute atomic E-state index is 0.396. The summed E-state index contributed by atoms with van der Waals surface area (Å²) < 4.78 is 8.93. The van der Waals surface area contributed by atoms with Gasteiger partial charge in [-0.1, -0.05) is 22.0 Å². The summed E-state index contributed by atoms with van der Waals surface area (Å²) in [5.41, 5.74) is 1.02. The van der Waals surface area contributed by atoms with Crippen LogP contribution in [0, 0.1) is 6.92 Å². The van der Waals surface area contributed by atoms with Crippen molar-refractivity contribution in [2.75, 3.05) is 0 Å². The molecule has 0 fully saturated rings. The van der Waals surface area contributed by atoms with Crippen molar-refractivity contribution in [2.24, 2.45) is 0 Å². The van der Waals surface area contributed by atoms with Gasteiger partial charge in [0.15, 0.2) is 0 Å². The lowest BCUT2D eigenvalue weighted by Crippen LogP contribution is -2.08. The number of nitrogens with zero attached hydrogens (tertiary/aromatic N) is 2. The fraction of sp³-hybridized carbons (Fsp3) is 0.357. The van der Waals surface area contributed by atoms with E-state index in [0.29, 0.717) is 12.6 Å². The van der Waals surface area contributed by atoms with Gasteiger partial charge >= 0.3 is 0 Å². The van der Waals surface area contributed by atoms with Crippen molar-refractivity contribution in [1.29, 1.82) is 0 Å². The van der Waals surface area contributed by atoms with Gasteiger partial charge < -0.3 is 9.30 Å². The molecule has 0 atom stereocenters. The van der Waals surface area contributed by atoms with Crippen LogP contribution >= 0.6 is 15.9 Å². The van der Waals surface area contributed by atoms with Gasteiger partial charge in [0.1, 0.15) is 18.2 Å². The third kappa shape index (κ3) is 3.13. The minimum Gasteiger partial charge on any atom is -0.486 e. The Morgan fingerprint density at radius 2 is 2.17 bits per heavy atom. The van der Waals surface area contributed by atoms with Crippen LogP contribution in [0.2, 0.25) is 0 Å². The predicted octanol–water partition coefficient (Wildman–Crippen LogP) is 4.11. The molecule has 0 saturated carbocycles. The summed E-state index contributed by atoms with van der Waals surface area (Å²) in [5, 5.41) is 0. The maximum absolute atomic E-state index is 5.76. The molecule has 0 unspecified atom stereocenters. The number of aromatic nitrogens is 2. The first kappa shape index (κ1) is 13.1. The molecule has 0 amide bonds. The molecule has 4 heteroatoms. The fourth-order valence-corrected chi connectivity index (χ4v) is 2.20. The van der Waals surface area contributed by atoms with Crippen LogP contribution in [0.3, 0.4) is 0 Å². The van der Waals surface area contributed by atoms with Crippen molar-refractivity contribution in [1.82, 2.24) is 9.55 Å². The largest absolute Gasteiger partial charge is 0.486 e. The Morgan fingerprint density at radius 1 is 1.39 bits per heavy atom. The molecule has 18 heavy (non-hydrogen) atoms. The van der Waals surface area contributed by atoms with Crippen molar-refractivity contribution in [2.45, 2.75) is 33.4 Å². The Balaban J connectivity index is 2.10. The fourth-order valence-electron chi connectivity index (χ4n) is 1.82. The number of hydrogen-bond acceptors (Lipinski definition) is 2. The SMILES string of the molecule is Cc1cn(C(C)C)c(COc2cccc(Br)c2)n1. The van der Waals surface area contributed by atoms with Crippen LogP contribution < -0.4 is 4.74 Å². The van der Waals surface area contributed by atoms with Crippen molar-refractivity contribution in [3.8, 4) is 5.75 Å². The lowest BCUT2D eigenvalue weighted by molar-refractivity contribution is 0.286. The number of benzene rings is 1. The molecule has 0 aliphatic heterocycles. The average Bonchev–Trinajstić information content (AvgIpc) is 2.68. The second-order valence-electron chi connectivity index (χ2n) is 4.55. The topological polar surface area (TPSA) is 27.1 Å². The molecule has 96 valence electrons. The van der Waals surface area contributed by atoms with Gasteiger partial charge in [0.2, 0.25) is 0 Å². The van der Waals surface area contributed by atoms with Gasteiger partial charge in [-0.05, 0) is 39.0 Å². The van der Waals surface area contributed by atoms with E-state index < -0.39 is 0 Å². The normalized spacial score (nSPS) is 10.9. The van der Waals surface area contributed by atoms with Crippen molar-refractivity contribution in [3.05, 3.63) is 46.5 Å². The number of hydrogen-bond donors (Lipinski definition) is 0. The predicted molar refractivity (Wildman–Crippen MR) is 75.8 cm³/mol. The number of ether oxygens (including phenoxy) is 1. The molecule has 0 spiro atoms. The summed E-state index contributed by atoms with van der Waals surface area (Å²) in [6, 6.07) is 8.23. The molecule has 2 rings (SSSR count). The molecule has 1 aromatic carbocycles. The highest BCUT2D eigenvalue weighted by atomic mass is 79.9. The monoisotopic (exact) mass is 308 g/mol. The summed E-state index contributed by atoms with van der Waals surface area (Å²) in [5.74, 6) is 1.81. The van der Waals surface area contributed by atoms with Crippen molar-refractivity contribution < 1.29 is 4.74 Å². The number of imidazole rings is 1. The average molecular weight is 309 g/mol. The molecule has 2 aromatic rings. The Morgan fingerprint density at radius 3 is 2.83 bits per heavy atom. The van der Waals surface area contributed by atoms with E-state index in [1.165, 1.54) is 0 Å². The third-order valence-corrected chi connectivity index (χ3v) is 3.14. The first-order valence-corrected chi connectivity index (χ1v) is 6.78. The second kappa shape index (κ2) is 5.57. The summed E-state index contributed by atoms with van der Waals surface area (Å²) >= 11 is 3.43.